The number of benzene rings is 1. The normalized spacial score (nSPS) is 10.6. The summed E-state index contributed by atoms with van der Waals surface area (Å²) >= 11 is 6.97. The van der Waals surface area contributed by atoms with Gasteiger partial charge in [0.25, 0.3) is 0 Å². The lowest BCUT2D eigenvalue weighted by Crippen LogP contribution is -2.07. The maximum Gasteiger partial charge on any atom is 0.308 e. The van der Waals surface area contributed by atoms with E-state index in [1.54, 1.807) is 29.7 Å². The third-order valence-electron chi connectivity index (χ3n) is 2.79. The van der Waals surface area contributed by atoms with Crippen molar-refractivity contribution in [3.8, 4) is 11.5 Å². The Bertz CT molecular complexity index is 773. The fourth-order valence-electron chi connectivity index (χ4n) is 1.77. The number of methoxy groups -OCH3 is 1. The minimum Gasteiger partial charge on any atom is -0.493 e. The van der Waals surface area contributed by atoms with Gasteiger partial charge in [-0.15, -0.1) is 22.9 Å². The van der Waals surface area contributed by atoms with E-state index in [4.69, 9.17) is 21.1 Å². The molecular weight excluding hydrogens is 352 g/mol. The molecule has 8 heteroatoms. The highest BCUT2D eigenvalue weighted by molar-refractivity contribution is 7.14. The lowest BCUT2D eigenvalue weighted by atomic mass is 10.2. The predicted molar refractivity (Wildman–Crippen MR) is 93.6 cm³/mol. The summed E-state index contributed by atoms with van der Waals surface area (Å²) < 4.78 is 10.2. The number of halogens is 1. The largest absolute Gasteiger partial charge is 0.493 e. The van der Waals surface area contributed by atoms with Crippen molar-refractivity contribution >= 4 is 46.0 Å². The van der Waals surface area contributed by atoms with E-state index in [9.17, 15) is 9.59 Å². The first-order valence-electron chi connectivity index (χ1n) is 6.87. The molecule has 126 valence electrons. The van der Waals surface area contributed by atoms with Gasteiger partial charge >= 0.3 is 5.97 Å². The van der Waals surface area contributed by atoms with Crippen molar-refractivity contribution in [2.75, 3.05) is 12.4 Å². The summed E-state index contributed by atoms with van der Waals surface area (Å²) in [6.07, 6.45) is 2.99. The van der Waals surface area contributed by atoms with Crippen molar-refractivity contribution in [2.24, 2.45) is 0 Å². The summed E-state index contributed by atoms with van der Waals surface area (Å²) in [5.74, 6) is 0.281. The van der Waals surface area contributed by atoms with Gasteiger partial charge in [0, 0.05) is 18.4 Å². The monoisotopic (exact) mass is 366 g/mol. The standard InChI is InChI=1S/C16H15ClN2O4S/c1-10(20)23-13-5-3-11(7-14(13)22-2)4-6-15(21)19-16-18-12(8-17)9-24-16/h3-7,9H,8H2,1-2H3,(H,18,19,21)/b6-4+. The van der Waals surface area contributed by atoms with E-state index in [2.05, 4.69) is 10.3 Å². The minimum atomic E-state index is -0.435. The Kier molecular flexibility index (Phi) is 6.34. The smallest absolute Gasteiger partial charge is 0.308 e. The number of anilines is 1. The van der Waals surface area contributed by atoms with Gasteiger partial charge in [0.05, 0.1) is 18.7 Å². The number of carbonyl (C=O) groups excluding carboxylic acids is 2. The first kappa shape index (κ1) is 18.0. The minimum absolute atomic E-state index is 0.302. The van der Waals surface area contributed by atoms with Gasteiger partial charge in [-0.3, -0.25) is 14.9 Å². The van der Waals surface area contributed by atoms with Crippen LogP contribution in [0.4, 0.5) is 5.13 Å². The summed E-state index contributed by atoms with van der Waals surface area (Å²) in [6, 6.07) is 4.97. The highest BCUT2D eigenvalue weighted by Crippen LogP contribution is 2.28. The summed E-state index contributed by atoms with van der Waals surface area (Å²) in [4.78, 5) is 27.0. The van der Waals surface area contributed by atoms with Crippen LogP contribution in [-0.2, 0) is 15.5 Å². The maximum absolute atomic E-state index is 11.9. The van der Waals surface area contributed by atoms with Crippen LogP contribution >= 0.6 is 22.9 Å². The molecule has 1 aromatic heterocycles. The van der Waals surface area contributed by atoms with E-state index >= 15 is 0 Å². The summed E-state index contributed by atoms with van der Waals surface area (Å²) in [7, 11) is 1.47. The van der Waals surface area contributed by atoms with Crippen LogP contribution in [0.5, 0.6) is 11.5 Å². The van der Waals surface area contributed by atoms with E-state index < -0.39 is 5.97 Å². The Morgan fingerprint density at radius 2 is 2.17 bits per heavy atom. The second-order valence-corrected chi connectivity index (χ2v) is 5.73. The molecule has 0 fully saturated rings. The SMILES string of the molecule is COc1cc(/C=C/C(=O)Nc2nc(CCl)cs2)ccc1OC(C)=O. The van der Waals surface area contributed by atoms with Crippen molar-refractivity contribution in [3.05, 3.63) is 40.9 Å². The van der Waals surface area contributed by atoms with Crippen molar-refractivity contribution in [3.63, 3.8) is 0 Å². The van der Waals surface area contributed by atoms with E-state index in [0.29, 0.717) is 28.2 Å². The Morgan fingerprint density at radius 3 is 2.79 bits per heavy atom. The average Bonchev–Trinajstić information content (AvgIpc) is 3.01. The molecule has 0 aliphatic rings. The van der Waals surface area contributed by atoms with E-state index in [1.807, 2.05) is 0 Å². The fraction of sp³-hybridized carbons (Fsp3) is 0.188. The number of aromatic nitrogens is 1. The highest BCUT2D eigenvalue weighted by atomic mass is 35.5. The van der Waals surface area contributed by atoms with Gasteiger partial charge in [-0.25, -0.2) is 4.98 Å². The topological polar surface area (TPSA) is 77.5 Å². The average molecular weight is 367 g/mol. The molecule has 0 spiro atoms. The van der Waals surface area contributed by atoms with Gasteiger partial charge < -0.3 is 9.47 Å². The third-order valence-corrected chi connectivity index (χ3v) is 3.87. The van der Waals surface area contributed by atoms with Gasteiger partial charge in [0.15, 0.2) is 16.6 Å². The zero-order valence-corrected chi connectivity index (χ0v) is 14.6. The van der Waals surface area contributed by atoms with Crippen LogP contribution in [0.2, 0.25) is 0 Å². The molecular formula is C16H15ClN2O4S. The molecule has 0 radical (unpaired) electrons. The highest BCUT2D eigenvalue weighted by Gasteiger charge is 2.08. The maximum atomic E-state index is 11.9. The molecule has 0 unspecified atom stereocenters. The number of nitrogens with zero attached hydrogens (tertiary/aromatic N) is 1. The molecule has 1 amide bonds. The second kappa shape index (κ2) is 8.47. The van der Waals surface area contributed by atoms with Crippen molar-refractivity contribution in [2.45, 2.75) is 12.8 Å². The Labute approximate surface area is 148 Å². The molecule has 1 aromatic carbocycles. The first-order chi connectivity index (χ1) is 11.5. The first-order valence-corrected chi connectivity index (χ1v) is 8.29. The zero-order valence-electron chi connectivity index (χ0n) is 13.0. The van der Waals surface area contributed by atoms with Gasteiger partial charge in [0.2, 0.25) is 5.91 Å². The summed E-state index contributed by atoms with van der Waals surface area (Å²) in [6.45, 7) is 1.31. The number of carbonyl (C=O) groups is 2. The molecule has 0 aliphatic carbocycles. The van der Waals surface area contributed by atoms with Gasteiger partial charge in [-0.05, 0) is 23.8 Å². The molecule has 6 nitrogen and oxygen atoms in total. The van der Waals surface area contributed by atoms with E-state index in [0.717, 1.165) is 5.56 Å². The van der Waals surface area contributed by atoms with E-state index in [-0.39, 0.29) is 5.91 Å². The van der Waals surface area contributed by atoms with Crippen molar-refractivity contribution in [1.82, 2.24) is 4.98 Å². The lowest BCUT2D eigenvalue weighted by molar-refractivity contribution is -0.132. The summed E-state index contributed by atoms with van der Waals surface area (Å²) in [5, 5.41) is 4.93. The number of nitrogens with one attached hydrogen (secondary N) is 1. The Balaban J connectivity index is 2.04. The molecule has 0 saturated carbocycles. The number of esters is 1. The lowest BCUT2D eigenvalue weighted by Gasteiger charge is -2.08. The Hall–Kier alpha value is -2.38. The zero-order chi connectivity index (χ0) is 17.5. The summed E-state index contributed by atoms with van der Waals surface area (Å²) in [5.41, 5.74) is 1.44. The van der Waals surface area contributed by atoms with Gasteiger partial charge in [0.1, 0.15) is 0 Å². The fourth-order valence-corrected chi connectivity index (χ4v) is 2.71. The van der Waals surface area contributed by atoms with Crippen LogP contribution in [0.25, 0.3) is 6.08 Å². The van der Waals surface area contributed by atoms with Crippen LogP contribution in [0.1, 0.15) is 18.2 Å². The third kappa shape index (κ3) is 5.07. The number of rotatable bonds is 6. The molecule has 0 aliphatic heterocycles. The number of amides is 1. The molecule has 24 heavy (non-hydrogen) atoms. The Morgan fingerprint density at radius 1 is 1.38 bits per heavy atom. The number of ether oxygens (including phenoxy) is 2. The number of hydrogen-bond donors (Lipinski definition) is 1. The number of alkyl halides is 1. The molecule has 1 N–H and O–H groups in total. The quantitative estimate of drug-likeness (QED) is 0.366. The second-order valence-electron chi connectivity index (χ2n) is 4.60. The van der Waals surface area contributed by atoms with E-state index in [1.165, 1.54) is 31.4 Å². The molecule has 2 rings (SSSR count). The molecule has 0 atom stereocenters. The predicted octanol–water partition coefficient (Wildman–Crippen LogP) is 3.47. The van der Waals surface area contributed by atoms with Crippen LogP contribution in [0, 0.1) is 0 Å². The van der Waals surface area contributed by atoms with Crippen molar-refractivity contribution in [1.29, 1.82) is 0 Å². The number of hydrogen-bond acceptors (Lipinski definition) is 6. The van der Waals surface area contributed by atoms with Crippen LogP contribution in [-0.4, -0.2) is 24.0 Å². The number of thiazole rings is 1. The van der Waals surface area contributed by atoms with Crippen LogP contribution < -0.4 is 14.8 Å². The molecule has 0 saturated heterocycles. The molecule has 0 bridgehead atoms. The van der Waals surface area contributed by atoms with Crippen molar-refractivity contribution < 1.29 is 19.1 Å². The van der Waals surface area contributed by atoms with Gasteiger partial charge in [-0.2, -0.15) is 0 Å². The van der Waals surface area contributed by atoms with Gasteiger partial charge in [-0.1, -0.05) is 6.07 Å². The van der Waals surface area contributed by atoms with Crippen LogP contribution in [0.15, 0.2) is 29.7 Å². The van der Waals surface area contributed by atoms with Crippen LogP contribution in [0.3, 0.4) is 0 Å². The molecule has 2 aromatic rings. The molecule has 1 heterocycles.